The van der Waals surface area contributed by atoms with Gasteiger partial charge in [-0.1, -0.05) is 33.3 Å². The highest BCUT2D eigenvalue weighted by molar-refractivity contribution is 5.93. The summed E-state index contributed by atoms with van der Waals surface area (Å²) in [5.41, 5.74) is -0.304. The molecule has 0 rings (SSSR count). The lowest BCUT2D eigenvalue weighted by atomic mass is 10.0. The van der Waals surface area contributed by atoms with E-state index in [9.17, 15) is 53.5 Å². The van der Waals surface area contributed by atoms with Gasteiger partial charge < -0.3 is 9.47 Å². The zero-order valence-corrected chi connectivity index (χ0v) is 24.7. The van der Waals surface area contributed by atoms with Crippen LogP contribution in [0.3, 0.4) is 0 Å². The van der Waals surface area contributed by atoms with E-state index in [0.717, 1.165) is 0 Å². The zero-order valence-electron chi connectivity index (χ0n) is 24.7. The van der Waals surface area contributed by atoms with Crippen molar-refractivity contribution in [3.05, 3.63) is 12.2 Å². The summed E-state index contributed by atoms with van der Waals surface area (Å²) in [5, 5.41) is 5.68. The minimum Gasteiger partial charge on any atom is -0.447 e. The van der Waals surface area contributed by atoms with E-state index in [1.54, 1.807) is 13.8 Å². The van der Waals surface area contributed by atoms with Gasteiger partial charge in [0, 0.05) is 30.5 Å². The fraction of sp³-hybridized carbons (Fsp3) is 0.852. The highest BCUT2D eigenvalue weighted by Gasteiger charge is 2.57. The summed E-state index contributed by atoms with van der Waals surface area (Å²) in [4.78, 5) is 24.6. The first-order chi connectivity index (χ1) is 19.6. The molecule has 0 saturated carbocycles. The van der Waals surface area contributed by atoms with Gasteiger partial charge in [-0.2, -0.15) is 43.9 Å². The van der Waals surface area contributed by atoms with Crippen molar-refractivity contribution in [2.45, 2.75) is 147 Å². The van der Waals surface area contributed by atoms with Crippen LogP contribution in [0, 0.1) is 0 Å². The third kappa shape index (κ3) is 16.0. The molecule has 0 aromatic rings. The first kappa shape index (κ1) is 40.9. The molecule has 16 heteroatoms. The topological polar surface area (TPSA) is 76.7 Å². The minimum absolute atomic E-state index is 0.0326. The molecule has 0 spiro atoms. The SMILES string of the molecule is C=C(CC(=O)OC(C)NC(CCC)CCCC(F)(F)C(F)(F)F)C(=O)OC(C)NC(CCC)CCCC(F)(F)C(F)(F)F. The Labute approximate surface area is 245 Å². The van der Waals surface area contributed by atoms with E-state index in [0.29, 0.717) is 25.7 Å². The summed E-state index contributed by atoms with van der Waals surface area (Å²) >= 11 is 0. The van der Waals surface area contributed by atoms with Gasteiger partial charge in [0.25, 0.3) is 0 Å². The number of ether oxygens (including phenoxy) is 2. The predicted molar refractivity (Wildman–Crippen MR) is 138 cm³/mol. The third-order valence-corrected chi connectivity index (χ3v) is 6.37. The second-order valence-corrected chi connectivity index (χ2v) is 10.5. The fourth-order valence-electron chi connectivity index (χ4n) is 4.20. The van der Waals surface area contributed by atoms with Gasteiger partial charge >= 0.3 is 36.1 Å². The number of rotatable bonds is 21. The zero-order chi connectivity index (χ0) is 33.6. The predicted octanol–water partition coefficient (Wildman–Crippen LogP) is 7.96. The molecule has 0 radical (unpaired) electrons. The summed E-state index contributed by atoms with van der Waals surface area (Å²) in [7, 11) is 0. The third-order valence-electron chi connectivity index (χ3n) is 6.37. The Bertz CT molecular complexity index is 866. The number of nitrogens with one attached hydrogen (secondary N) is 2. The Kier molecular flexibility index (Phi) is 17.1. The molecule has 0 aromatic carbocycles. The van der Waals surface area contributed by atoms with Crippen molar-refractivity contribution >= 4 is 11.9 Å². The van der Waals surface area contributed by atoms with Crippen LogP contribution in [0.25, 0.3) is 0 Å². The molecule has 0 fully saturated rings. The second-order valence-electron chi connectivity index (χ2n) is 10.5. The number of esters is 2. The average Bonchev–Trinajstić information content (AvgIpc) is 2.82. The van der Waals surface area contributed by atoms with Crippen LogP contribution in [0.4, 0.5) is 43.9 Å². The minimum atomic E-state index is -5.64. The molecule has 4 atom stereocenters. The molecule has 254 valence electrons. The average molecular weight is 649 g/mol. The summed E-state index contributed by atoms with van der Waals surface area (Å²) < 4.78 is 137. The Hall–Kier alpha value is -2.10. The standard InChI is InChI=1S/C27H42F10N2O4/c1-6-10-20(12-8-14-24(28,29)26(32,33)34)38-18(4)42-22(40)16-17(3)23(41)43-19(5)39-21(11-7-2)13-9-15-25(30,31)27(35,36)37/h18-21,38-39H,3,6-16H2,1-2,4-5H3. The van der Waals surface area contributed by atoms with Gasteiger partial charge in [0.2, 0.25) is 0 Å². The van der Waals surface area contributed by atoms with E-state index >= 15 is 0 Å². The maximum absolute atomic E-state index is 13.2. The number of carbonyl (C=O) groups is 2. The van der Waals surface area contributed by atoms with E-state index in [-0.39, 0.29) is 18.4 Å². The van der Waals surface area contributed by atoms with Crippen LogP contribution >= 0.6 is 0 Å². The molecule has 0 aliphatic carbocycles. The van der Waals surface area contributed by atoms with Crippen molar-refractivity contribution in [1.29, 1.82) is 0 Å². The molecule has 6 nitrogen and oxygen atoms in total. The summed E-state index contributed by atoms with van der Waals surface area (Å²) in [6, 6.07) is -1.05. The van der Waals surface area contributed by atoms with Crippen LogP contribution in [0.2, 0.25) is 0 Å². The second kappa shape index (κ2) is 18.0. The number of alkyl halides is 10. The summed E-state index contributed by atoms with van der Waals surface area (Å²) in [6.07, 6.45) is -15.6. The number of hydrogen-bond acceptors (Lipinski definition) is 6. The van der Waals surface area contributed by atoms with Gasteiger partial charge in [-0.25, -0.2) is 4.79 Å². The van der Waals surface area contributed by atoms with Crippen molar-refractivity contribution in [1.82, 2.24) is 10.6 Å². The largest absolute Gasteiger partial charge is 0.453 e. The number of halogens is 10. The van der Waals surface area contributed by atoms with Gasteiger partial charge in [0.15, 0.2) is 12.5 Å². The molecule has 0 saturated heterocycles. The highest BCUT2D eigenvalue weighted by Crippen LogP contribution is 2.40. The molecule has 43 heavy (non-hydrogen) atoms. The van der Waals surface area contributed by atoms with Gasteiger partial charge in [-0.05, 0) is 52.4 Å². The Morgan fingerprint density at radius 2 is 1.05 bits per heavy atom. The first-order valence-corrected chi connectivity index (χ1v) is 14.1. The van der Waals surface area contributed by atoms with E-state index in [1.165, 1.54) is 13.8 Å². The molecule has 0 bridgehead atoms. The van der Waals surface area contributed by atoms with Crippen LogP contribution in [0.5, 0.6) is 0 Å². The smallest absolute Gasteiger partial charge is 0.447 e. The lowest BCUT2D eigenvalue weighted by molar-refractivity contribution is -0.284. The quantitative estimate of drug-likeness (QED) is 0.0570. The maximum atomic E-state index is 13.2. The van der Waals surface area contributed by atoms with Gasteiger partial charge in [0.1, 0.15) is 0 Å². The summed E-state index contributed by atoms with van der Waals surface area (Å²) in [6.45, 7) is 9.83. The van der Waals surface area contributed by atoms with Crippen LogP contribution in [-0.4, -0.2) is 60.7 Å². The highest BCUT2D eigenvalue weighted by atomic mass is 19.4. The molecule has 2 N–H and O–H groups in total. The summed E-state index contributed by atoms with van der Waals surface area (Å²) in [5.74, 6) is -11.5. The van der Waals surface area contributed by atoms with Crippen LogP contribution in [-0.2, 0) is 19.1 Å². The van der Waals surface area contributed by atoms with Crippen LogP contribution in [0.1, 0.15) is 98.3 Å². The normalized spacial score (nSPS) is 15.9. The van der Waals surface area contributed by atoms with Gasteiger partial charge in [-0.15, -0.1) is 0 Å². The van der Waals surface area contributed by atoms with Crippen molar-refractivity contribution in [2.75, 3.05) is 0 Å². The van der Waals surface area contributed by atoms with Crippen molar-refractivity contribution in [3.8, 4) is 0 Å². The monoisotopic (exact) mass is 648 g/mol. The Balaban J connectivity index is 4.75. The van der Waals surface area contributed by atoms with Gasteiger partial charge in [-0.3, -0.25) is 15.4 Å². The van der Waals surface area contributed by atoms with E-state index in [4.69, 9.17) is 9.47 Å². The molecule has 4 unspecified atom stereocenters. The number of hydrogen-bond donors (Lipinski definition) is 2. The van der Waals surface area contributed by atoms with Gasteiger partial charge in [0.05, 0.1) is 6.42 Å². The number of carbonyl (C=O) groups excluding carboxylic acids is 2. The lowest BCUT2D eigenvalue weighted by Gasteiger charge is -2.25. The van der Waals surface area contributed by atoms with Crippen LogP contribution in [0.15, 0.2) is 12.2 Å². The maximum Gasteiger partial charge on any atom is 0.453 e. The Morgan fingerprint density at radius 3 is 1.40 bits per heavy atom. The Morgan fingerprint density at radius 1 is 0.674 bits per heavy atom. The van der Waals surface area contributed by atoms with Crippen LogP contribution < -0.4 is 10.6 Å². The molecular formula is C27H42F10N2O4. The fourth-order valence-corrected chi connectivity index (χ4v) is 4.20. The molecular weight excluding hydrogens is 606 g/mol. The van der Waals surface area contributed by atoms with Crippen molar-refractivity contribution < 1.29 is 63.0 Å². The molecule has 0 aromatic heterocycles. The lowest BCUT2D eigenvalue weighted by Crippen LogP contribution is -2.41. The van der Waals surface area contributed by atoms with E-state index < -0.39 is 92.8 Å². The molecule has 0 amide bonds. The molecule has 0 aliphatic heterocycles. The molecule has 0 aliphatic rings. The van der Waals surface area contributed by atoms with Crippen molar-refractivity contribution in [3.63, 3.8) is 0 Å². The molecule has 0 heterocycles. The van der Waals surface area contributed by atoms with E-state index in [2.05, 4.69) is 17.2 Å². The first-order valence-electron chi connectivity index (χ1n) is 14.1. The van der Waals surface area contributed by atoms with E-state index in [1.807, 2.05) is 0 Å². The van der Waals surface area contributed by atoms with Crippen molar-refractivity contribution in [2.24, 2.45) is 0 Å².